The smallest absolute Gasteiger partial charge is 0.322 e. The molecule has 0 aliphatic carbocycles. The van der Waals surface area contributed by atoms with Crippen LogP contribution in [0.5, 0.6) is 0 Å². The maximum atomic E-state index is 13.3. The van der Waals surface area contributed by atoms with Crippen LogP contribution in [0.3, 0.4) is 0 Å². The summed E-state index contributed by atoms with van der Waals surface area (Å²) < 4.78 is 33.5. The van der Waals surface area contributed by atoms with Gasteiger partial charge < -0.3 is 4.42 Å². The Morgan fingerprint density at radius 3 is 2.50 bits per heavy atom. The number of carbonyl (C=O) groups excluding carboxylic acids is 1. The summed E-state index contributed by atoms with van der Waals surface area (Å²) in [6.45, 7) is 0.409. The molecule has 1 aliphatic heterocycles. The maximum Gasteiger partial charge on any atom is 0.322 e. The number of fused-ring (bicyclic) bond motifs is 1. The zero-order valence-electron chi connectivity index (χ0n) is 17.8. The molecule has 0 spiro atoms. The SMILES string of the molecule is O=C(Nc1nnc(-c2ccccc2Cl)o1)c1ccc(S(=O)(=O)N2CCCc3ccccc32)cc1. The van der Waals surface area contributed by atoms with Crippen molar-refractivity contribution in [1.29, 1.82) is 0 Å². The van der Waals surface area contributed by atoms with Gasteiger partial charge in [-0.3, -0.25) is 14.4 Å². The summed E-state index contributed by atoms with van der Waals surface area (Å²) in [5, 5.41) is 10.7. The number of carbonyl (C=O) groups is 1. The molecule has 8 nitrogen and oxygen atoms in total. The van der Waals surface area contributed by atoms with Crippen molar-refractivity contribution in [1.82, 2.24) is 10.2 Å². The molecule has 0 bridgehead atoms. The summed E-state index contributed by atoms with van der Waals surface area (Å²) in [7, 11) is -3.76. The summed E-state index contributed by atoms with van der Waals surface area (Å²) in [5.74, 6) is -0.342. The van der Waals surface area contributed by atoms with Gasteiger partial charge in [0.15, 0.2) is 0 Å². The summed E-state index contributed by atoms with van der Waals surface area (Å²) in [6.07, 6.45) is 1.59. The second-order valence-corrected chi connectivity index (χ2v) is 9.95. The predicted molar refractivity (Wildman–Crippen MR) is 128 cm³/mol. The summed E-state index contributed by atoms with van der Waals surface area (Å²) in [5.41, 5.74) is 2.49. The van der Waals surface area contributed by atoms with Crippen molar-refractivity contribution >= 4 is 39.2 Å². The highest BCUT2D eigenvalue weighted by atomic mass is 35.5. The number of aryl methyl sites for hydroxylation is 1. The first-order chi connectivity index (χ1) is 16.4. The number of hydrogen-bond acceptors (Lipinski definition) is 6. The molecule has 172 valence electrons. The predicted octanol–water partition coefficient (Wildman–Crippen LogP) is 4.78. The van der Waals surface area contributed by atoms with E-state index in [1.54, 1.807) is 24.3 Å². The Hall–Kier alpha value is -3.69. The summed E-state index contributed by atoms with van der Waals surface area (Å²) in [4.78, 5) is 12.7. The lowest BCUT2D eigenvalue weighted by Gasteiger charge is -2.30. The Balaban J connectivity index is 1.33. The van der Waals surface area contributed by atoms with Crippen LogP contribution in [-0.2, 0) is 16.4 Å². The number of anilines is 2. The van der Waals surface area contributed by atoms with E-state index >= 15 is 0 Å². The van der Waals surface area contributed by atoms with E-state index in [1.165, 1.54) is 28.6 Å². The third-order valence-corrected chi connectivity index (χ3v) is 7.68. The molecule has 1 N–H and O–H groups in total. The number of nitrogens with zero attached hydrogens (tertiary/aromatic N) is 3. The zero-order valence-corrected chi connectivity index (χ0v) is 19.4. The number of rotatable bonds is 5. The Morgan fingerprint density at radius 1 is 0.971 bits per heavy atom. The molecule has 0 unspecified atom stereocenters. The van der Waals surface area contributed by atoms with Crippen LogP contribution < -0.4 is 9.62 Å². The number of hydrogen-bond donors (Lipinski definition) is 1. The molecule has 0 fully saturated rings. The average Bonchev–Trinajstić information content (AvgIpc) is 3.32. The van der Waals surface area contributed by atoms with Crippen molar-refractivity contribution in [2.75, 3.05) is 16.2 Å². The molecule has 1 aliphatic rings. The molecular formula is C24H19ClN4O4S. The van der Waals surface area contributed by atoms with Crippen molar-refractivity contribution in [3.8, 4) is 11.5 Å². The fraction of sp³-hybridized carbons (Fsp3) is 0.125. The molecule has 1 aromatic heterocycles. The lowest BCUT2D eigenvalue weighted by molar-refractivity contribution is 0.102. The molecule has 0 saturated heterocycles. The largest absolute Gasteiger partial charge is 0.403 e. The van der Waals surface area contributed by atoms with Crippen molar-refractivity contribution in [3.05, 3.63) is 88.9 Å². The van der Waals surface area contributed by atoms with Gasteiger partial charge in [0.05, 0.1) is 21.2 Å². The minimum absolute atomic E-state index is 0.0958. The number of nitrogens with one attached hydrogen (secondary N) is 1. The molecule has 1 amide bonds. The Labute approximate surface area is 201 Å². The van der Waals surface area contributed by atoms with E-state index in [2.05, 4.69) is 15.5 Å². The lowest BCUT2D eigenvalue weighted by atomic mass is 10.0. The highest BCUT2D eigenvalue weighted by Crippen LogP contribution is 2.32. The molecule has 0 atom stereocenters. The van der Waals surface area contributed by atoms with E-state index < -0.39 is 15.9 Å². The molecule has 5 rings (SSSR count). The maximum absolute atomic E-state index is 13.3. The van der Waals surface area contributed by atoms with Crippen LogP contribution in [0.25, 0.3) is 11.5 Å². The second kappa shape index (κ2) is 8.92. The van der Waals surface area contributed by atoms with Gasteiger partial charge in [-0.1, -0.05) is 47.0 Å². The molecular weight excluding hydrogens is 476 g/mol. The van der Waals surface area contributed by atoms with Gasteiger partial charge >= 0.3 is 6.01 Å². The Kier molecular flexibility index (Phi) is 5.80. The van der Waals surface area contributed by atoms with Gasteiger partial charge in [-0.25, -0.2) is 8.42 Å². The van der Waals surface area contributed by atoms with Crippen molar-refractivity contribution < 1.29 is 17.6 Å². The monoisotopic (exact) mass is 494 g/mol. The van der Waals surface area contributed by atoms with E-state index in [9.17, 15) is 13.2 Å². The lowest BCUT2D eigenvalue weighted by Crippen LogP contribution is -2.35. The van der Waals surface area contributed by atoms with Crippen LogP contribution in [0, 0.1) is 0 Å². The number of aromatic nitrogens is 2. The van der Waals surface area contributed by atoms with Gasteiger partial charge in [-0.15, -0.1) is 5.10 Å². The van der Waals surface area contributed by atoms with E-state index in [0.29, 0.717) is 22.8 Å². The van der Waals surface area contributed by atoms with Gasteiger partial charge in [0.1, 0.15) is 0 Å². The van der Waals surface area contributed by atoms with Crippen molar-refractivity contribution in [3.63, 3.8) is 0 Å². The van der Waals surface area contributed by atoms with Crippen molar-refractivity contribution in [2.24, 2.45) is 0 Å². The molecule has 0 radical (unpaired) electrons. The number of halogens is 1. The van der Waals surface area contributed by atoms with Crippen LogP contribution in [0.15, 0.2) is 82.1 Å². The van der Waals surface area contributed by atoms with Gasteiger partial charge in [0, 0.05) is 12.1 Å². The first-order valence-electron chi connectivity index (χ1n) is 10.5. The number of para-hydroxylation sites is 1. The van der Waals surface area contributed by atoms with Crippen LogP contribution >= 0.6 is 11.6 Å². The number of sulfonamides is 1. The molecule has 0 saturated carbocycles. The van der Waals surface area contributed by atoms with Gasteiger partial charge in [0.25, 0.3) is 21.8 Å². The summed E-state index contributed by atoms with van der Waals surface area (Å²) >= 11 is 6.14. The first kappa shape index (κ1) is 22.1. The molecule has 3 aromatic carbocycles. The zero-order chi connectivity index (χ0) is 23.7. The van der Waals surface area contributed by atoms with Crippen LogP contribution in [0.2, 0.25) is 5.02 Å². The highest BCUT2D eigenvalue weighted by molar-refractivity contribution is 7.92. The fourth-order valence-electron chi connectivity index (χ4n) is 3.84. The average molecular weight is 495 g/mol. The molecule has 2 heterocycles. The minimum atomic E-state index is -3.76. The Bertz CT molecular complexity index is 1470. The van der Waals surface area contributed by atoms with Crippen LogP contribution in [0.1, 0.15) is 22.3 Å². The van der Waals surface area contributed by atoms with Gasteiger partial charge in [0.2, 0.25) is 0 Å². The quantitative estimate of drug-likeness (QED) is 0.428. The third-order valence-electron chi connectivity index (χ3n) is 5.52. The Morgan fingerprint density at radius 2 is 1.71 bits per heavy atom. The third kappa shape index (κ3) is 4.15. The van der Waals surface area contributed by atoms with E-state index in [1.807, 2.05) is 24.3 Å². The standard InChI is InChI=1S/C24H19ClN4O4S/c25-20-9-3-2-8-19(20)23-27-28-24(33-23)26-22(30)17-11-13-18(14-12-17)34(31,32)29-15-5-7-16-6-1-4-10-21(16)29/h1-4,6,8-14H,5,7,15H2,(H,26,28,30). The fourth-order valence-corrected chi connectivity index (χ4v) is 5.60. The topological polar surface area (TPSA) is 105 Å². The first-order valence-corrected chi connectivity index (χ1v) is 12.4. The van der Waals surface area contributed by atoms with E-state index in [4.69, 9.17) is 16.0 Å². The molecule has 10 heteroatoms. The normalized spacial score (nSPS) is 13.4. The van der Waals surface area contributed by atoms with E-state index in [-0.39, 0.29) is 22.4 Å². The van der Waals surface area contributed by atoms with Crippen molar-refractivity contribution in [2.45, 2.75) is 17.7 Å². The second-order valence-electron chi connectivity index (χ2n) is 7.68. The van der Waals surface area contributed by atoms with E-state index in [0.717, 1.165) is 18.4 Å². The van der Waals surface area contributed by atoms with Crippen LogP contribution in [-0.4, -0.2) is 31.1 Å². The molecule has 34 heavy (non-hydrogen) atoms. The number of amides is 1. The summed E-state index contributed by atoms with van der Waals surface area (Å²) in [6, 6.07) is 20.1. The number of benzene rings is 3. The highest BCUT2D eigenvalue weighted by Gasteiger charge is 2.29. The minimum Gasteiger partial charge on any atom is -0.403 e. The van der Waals surface area contributed by atoms with Gasteiger partial charge in [-0.2, -0.15) is 0 Å². The van der Waals surface area contributed by atoms with Crippen LogP contribution in [0.4, 0.5) is 11.7 Å². The van der Waals surface area contributed by atoms with Gasteiger partial charge in [-0.05, 0) is 60.9 Å². The molecule has 4 aromatic rings.